The van der Waals surface area contributed by atoms with Gasteiger partial charge < -0.3 is 4.52 Å². The number of nitrogens with zero attached hydrogens (tertiary/aromatic N) is 2. The highest BCUT2D eigenvalue weighted by molar-refractivity contribution is 9.10. The van der Waals surface area contributed by atoms with E-state index in [4.69, 9.17) is 4.52 Å². The first kappa shape index (κ1) is 15.0. The summed E-state index contributed by atoms with van der Waals surface area (Å²) < 4.78 is 32.2. The molecule has 2 rings (SSSR count). The molecule has 2 aromatic rings. The van der Waals surface area contributed by atoms with Crippen LogP contribution >= 0.6 is 15.9 Å². The van der Waals surface area contributed by atoms with Gasteiger partial charge in [-0.1, -0.05) is 25.9 Å². The summed E-state index contributed by atoms with van der Waals surface area (Å²) in [5, 5.41) is 3.86. The van der Waals surface area contributed by atoms with Crippen molar-refractivity contribution >= 4 is 31.8 Å². The summed E-state index contributed by atoms with van der Waals surface area (Å²) in [5.74, 6) is 0.0786. The minimum Gasteiger partial charge on any atom is -0.338 e. The van der Waals surface area contributed by atoms with Crippen molar-refractivity contribution in [2.45, 2.75) is 31.1 Å². The van der Waals surface area contributed by atoms with Gasteiger partial charge in [-0.05, 0) is 22.0 Å². The fraction of sp³-hybridized carbons (Fsp3) is 0.333. The van der Waals surface area contributed by atoms with Crippen LogP contribution in [-0.4, -0.2) is 18.6 Å². The fourth-order valence-electron chi connectivity index (χ4n) is 1.41. The topological polar surface area (TPSA) is 85.1 Å². The summed E-state index contributed by atoms with van der Waals surface area (Å²) in [6.45, 7) is 5.88. The third kappa shape index (κ3) is 3.37. The van der Waals surface area contributed by atoms with Gasteiger partial charge in [0.2, 0.25) is 5.88 Å². The van der Waals surface area contributed by atoms with E-state index in [1.807, 2.05) is 20.8 Å². The van der Waals surface area contributed by atoms with Crippen LogP contribution in [0.1, 0.15) is 26.5 Å². The van der Waals surface area contributed by atoms with Gasteiger partial charge in [-0.3, -0.25) is 4.98 Å². The Labute approximate surface area is 125 Å². The Hall–Kier alpha value is -1.41. The lowest BCUT2D eigenvalue weighted by Gasteiger charge is -2.12. The molecule has 0 spiro atoms. The summed E-state index contributed by atoms with van der Waals surface area (Å²) >= 11 is 3.18. The van der Waals surface area contributed by atoms with Crippen LogP contribution in [0, 0.1) is 0 Å². The lowest BCUT2D eigenvalue weighted by molar-refractivity contribution is 0.405. The Balaban J connectivity index is 2.27. The zero-order valence-corrected chi connectivity index (χ0v) is 13.6. The molecule has 20 heavy (non-hydrogen) atoms. The Kier molecular flexibility index (Phi) is 3.88. The van der Waals surface area contributed by atoms with E-state index in [9.17, 15) is 8.42 Å². The van der Waals surface area contributed by atoms with E-state index in [1.165, 1.54) is 18.5 Å². The standard InChI is InChI=1S/C12H14BrN3O3S/c1-12(2,3)10-5-11(19-15-10)16-20(17,18)9-4-8(13)6-14-7-9/h4-7,16H,1-3H3. The van der Waals surface area contributed by atoms with E-state index in [0.717, 1.165) is 0 Å². The van der Waals surface area contributed by atoms with E-state index in [0.29, 0.717) is 10.2 Å². The Morgan fingerprint density at radius 1 is 1.25 bits per heavy atom. The molecule has 2 heterocycles. The number of anilines is 1. The average molecular weight is 360 g/mol. The van der Waals surface area contributed by atoms with Crippen LogP contribution in [0.5, 0.6) is 0 Å². The lowest BCUT2D eigenvalue weighted by Crippen LogP contribution is -2.13. The molecule has 0 aliphatic heterocycles. The Bertz CT molecular complexity index is 720. The van der Waals surface area contributed by atoms with Gasteiger partial charge in [0, 0.05) is 28.3 Å². The van der Waals surface area contributed by atoms with Crippen molar-refractivity contribution in [1.82, 2.24) is 10.1 Å². The monoisotopic (exact) mass is 359 g/mol. The molecule has 0 fully saturated rings. The van der Waals surface area contributed by atoms with Gasteiger partial charge in [0.25, 0.3) is 10.0 Å². The molecule has 0 saturated heterocycles. The SMILES string of the molecule is CC(C)(C)c1cc(NS(=O)(=O)c2cncc(Br)c2)on1. The second-order valence-electron chi connectivity index (χ2n) is 5.27. The smallest absolute Gasteiger partial charge is 0.265 e. The van der Waals surface area contributed by atoms with Crippen molar-refractivity contribution in [3.05, 3.63) is 34.7 Å². The molecule has 0 aliphatic rings. The molecule has 0 atom stereocenters. The number of sulfonamides is 1. The molecule has 2 aromatic heterocycles. The number of hydrogen-bond acceptors (Lipinski definition) is 5. The molecule has 0 saturated carbocycles. The van der Waals surface area contributed by atoms with E-state index in [-0.39, 0.29) is 16.2 Å². The fourth-order valence-corrected chi connectivity index (χ4v) is 2.88. The van der Waals surface area contributed by atoms with Gasteiger partial charge in [0.05, 0.1) is 5.69 Å². The molecule has 6 nitrogen and oxygen atoms in total. The van der Waals surface area contributed by atoms with E-state index in [2.05, 4.69) is 30.8 Å². The molecule has 0 amide bonds. The molecular formula is C12H14BrN3O3S. The van der Waals surface area contributed by atoms with Crippen LogP contribution in [0.2, 0.25) is 0 Å². The summed E-state index contributed by atoms with van der Waals surface area (Å²) in [5.41, 5.74) is 0.451. The van der Waals surface area contributed by atoms with Crippen LogP contribution in [0.25, 0.3) is 0 Å². The molecule has 0 aliphatic carbocycles. The van der Waals surface area contributed by atoms with E-state index in [1.54, 1.807) is 6.07 Å². The second-order valence-corrected chi connectivity index (χ2v) is 7.87. The average Bonchev–Trinajstić information content (AvgIpc) is 2.76. The molecule has 0 radical (unpaired) electrons. The van der Waals surface area contributed by atoms with Crippen molar-refractivity contribution in [2.24, 2.45) is 0 Å². The maximum Gasteiger partial charge on any atom is 0.265 e. The highest BCUT2D eigenvalue weighted by Gasteiger charge is 2.22. The van der Waals surface area contributed by atoms with Crippen LogP contribution in [0.15, 0.2) is 38.4 Å². The minimum atomic E-state index is -3.74. The number of nitrogens with one attached hydrogen (secondary N) is 1. The van der Waals surface area contributed by atoms with Gasteiger partial charge in [-0.15, -0.1) is 0 Å². The molecule has 108 valence electrons. The zero-order chi connectivity index (χ0) is 15.0. The molecule has 1 N–H and O–H groups in total. The highest BCUT2D eigenvalue weighted by atomic mass is 79.9. The molecule has 0 bridgehead atoms. The first-order valence-corrected chi connectivity index (χ1v) is 8.07. The summed E-state index contributed by atoms with van der Waals surface area (Å²) in [7, 11) is -3.74. The second kappa shape index (κ2) is 5.17. The van der Waals surface area contributed by atoms with Crippen LogP contribution in [-0.2, 0) is 15.4 Å². The van der Waals surface area contributed by atoms with Gasteiger partial charge >= 0.3 is 0 Å². The number of aromatic nitrogens is 2. The summed E-state index contributed by atoms with van der Waals surface area (Å²) in [6, 6.07) is 3.03. The summed E-state index contributed by atoms with van der Waals surface area (Å²) in [4.78, 5) is 3.87. The quantitative estimate of drug-likeness (QED) is 0.910. The lowest BCUT2D eigenvalue weighted by atomic mass is 9.92. The molecule has 8 heteroatoms. The maximum absolute atomic E-state index is 12.2. The van der Waals surface area contributed by atoms with Crippen molar-refractivity contribution in [3.63, 3.8) is 0 Å². The first-order chi connectivity index (χ1) is 9.18. The zero-order valence-electron chi connectivity index (χ0n) is 11.2. The predicted molar refractivity (Wildman–Crippen MR) is 77.9 cm³/mol. The normalized spacial score (nSPS) is 12.4. The van der Waals surface area contributed by atoms with Crippen molar-refractivity contribution in [1.29, 1.82) is 0 Å². The van der Waals surface area contributed by atoms with Crippen molar-refractivity contribution in [3.8, 4) is 0 Å². The first-order valence-electron chi connectivity index (χ1n) is 5.79. The van der Waals surface area contributed by atoms with Crippen LogP contribution in [0.3, 0.4) is 0 Å². The van der Waals surface area contributed by atoms with Crippen molar-refractivity contribution < 1.29 is 12.9 Å². The minimum absolute atomic E-state index is 0.0422. The van der Waals surface area contributed by atoms with E-state index < -0.39 is 10.0 Å². The molecular weight excluding hydrogens is 346 g/mol. The maximum atomic E-state index is 12.2. The Morgan fingerprint density at radius 3 is 2.50 bits per heavy atom. The van der Waals surface area contributed by atoms with Crippen LogP contribution in [0.4, 0.5) is 5.88 Å². The molecule has 0 aromatic carbocycles. The largest absolute Gasteiger partial charge is 0.338 e. The van der Waals surface area contributed by atoms with Gasteiger partial charge in [-0.25, -0.2) is 13.1 Å². The number of pyridine rings is 1. The van der Waals surface area contributed by atoms with Crippen molar-refractivity contribution in [2.75, 3.05) is 4.72 Å². The van der Waals surface area contributed by atoms with E-state index >= 15 is 0 Å². The number of hydrogen-bond donors (Lipinski definition) is 1. The van der Waals surface area contributed by atoms with Gasteiger partial charge in [-0.2, -0.15) is 0 Å². The number of halogens is 1. The third-order valence-electron chi connectivity index (χ3n) is 2.50. The van der Waals surface area contributed by atoms with Gasteiger partial charge in [0.15, 0.2) is 0 Å². The number of rotatable bonds is 3. The highest BCUT2D eigenvalue weighted by Crippen LogP contribution is 2.25. The Morgan fingerprint density at radius 2 is 1.95 bits per heavy atom. The van der Waals surface area contributed by atoms with Gasteiger partial charge in [0.1, 0.15) is 4.90 Å². The predicted octanol–water partition coefficient (Wildman–Crippen LogP) is 2.93. The third-order valence-corrected chi connectivity index (χ3v) is 4.25. The molecule has 0 unspecified atom stereocenters. The summed E-state index contributed by atoms with van der Waals surface area (Å²) in [6.07, 6.45) is 2.76. The van der Waals surface area contributed by atoms with Crippen LogP contribution < -0.4 is 4.72 Å².